The van der Waals surface area contributed by atoms with Crippen molar-refractivity contribution in [3.05, 3.63) is 23.8 Å². The summed E-state index contributed by atoms with van der Waals surface area (Å²) in [7, 11) is 3.33. The molecular formula is C18H29NO2. The van der Waals surface area contributed by atoms with E-state index in [1.807, 2.05) is 12.1 Å². The molecular weight excluding hydrogens is 262 g/mol. The Morgan fingerprint density at radius 3 is 2.05 bits per heavy atom. The minimum Gasteiger partial charge on any atom is -0.493 e. The van der Waals surface area contributed by atoms with E-state index >= 15 is 0 Å². The Bertz CT molecular complexity index is 470. The molecule has 0 spiro atoms. The van der Waals surface area contributed by atoms with Crippen LogP contribution in [0.25, 0.3) is 0 Å². The van der Waals surface area contributed by atoms with E-state index in [0.29, 0.717) is 5.41 Å². The number of rotatable bonds is 7. The van der Waals surface area contributed by atoms with Crippen molar-refractivity contribution in [2.24, 2.45) is 11.1 Å². The predicted molar refractivity (Wildman–Crippen MR) is 86.9 cm³/mol. The summed E-state index contributed by atoms with van der Waals surface area (Å²) in [6, 6.07) is 6.09. The molecule has 118 valence electrons. The molecule has 1 aliphatic rings. The Hall–Kier alpha value is -1.22. The number of methoxy groups -OCH3 is 2. The van der Waals surface area contributed by atoms with Crippen LogP contribution in [0.15, 0.2) is 18.2 Å². The lowest BCUT2D eigenvalue weighted by molar-refractivity contribution is 0.00610. The average molecular weight is 291 g/mol. The predicted octanol–water partition coefficient (Wildman–Crippen LogP) is 4.24. The smallest absolute Gasteiger partial charge is 0.161 e. The molecule has 1 aliphatic carbocycles. The zero-order chi connectivity index (χ0) is 15.5. The summed E-state index contributed by atoms with van der Waals surface area (Å²) in [5, 5.41) is 0. The minimum absolute atomic E-state index is 0.204. The molecule has 0 bridgehead atoms. The van der Waals surface area contributed by atoms with Gasteiger partial charge in [0.15, 0.2) is 11.5 Å². The Kier molecular flexibility index (Phi) is 4.82. The van der Waals surface area contributed by atoms with Crippen molar-refractivity contribution in [1.29, 1.82) is 0 Å². The van der Waals surface area contributed by atoms with Crippen molar-refractivity contribution in [2.75, 3.05) is 14.2 Å². The summed E-state index contributed by atoms with van der Waals surface area (Å²) in [4.78, 5) is 0. The van der Waals surface area contributed by atoms with Crippen LogP contribution in [0.2, 0.25) is 0 Å². The third-order valence-corrected chi connectivity index (χ3v) is 4.90. The molecule has 0 heterocycles. The van der Waals surface area contributed by atoms with Gasteiger partial charge in [-0.15, -0.1) is 0 Å². The second-order valence-electron chi connectivity index (χ2n) is 6.58. The molecule has 3 heteroatoms. The fraction of sp³-hybridized carbons (Fsp3) is 0.667. The molecule has 21 heavy (non-hydrogen) atoms. The van der Waals surface area contributed by atoms with E-state index in [-0.39, 0.29) is 5.54 Å². The minimum atomic E-state index is -0.204. The van der Waals surface area contributed by atoms with Gasteiger partial charge in [-0.3, -0.25) is 0 Å². The van der Waals surface area contributed by atoms with Gasteiger partial charge < -0.3 is 15.2 Å². The maximum atomic E-state index is 6.68. The topological polar surface area (TPSA) is 44.5 Å². The van der Waals surface area contributed by atoms with E-state index < -0.39 is 0 Å². The number of nitrogens with two attached hydrogens (primary N) is 1. The SMILES string of the molecule is CCCC1(CCC)CC(N)(c2ccc(OC)c(OC)c2)C1. The molecule has 3 nitrogen and oxygen atoms in total. The van der Waals surface area contributed by atoms with Crippen molar-refractivity contribution < 1.29 is 9.47 Å². The van der Waals surface area contributed by atoms with Crippen LogP contribution in [-0.4, -0.2) is 14.2 Å². The molecule has 0 saturated heterocycles. The van der Waals surface area contributed by atoms with Crippen LogP contribution in [0, 0.1) is 5.41 Å². The first-order valence-electron chi connectivity index (χ1n) is 8.04. The van der Waals surface area contributed by atoms with E-state index in [4.69, 9.17) is 15.2 Å². The molecule has 0 aliphatic heterocycles. The summed E-state index contributed by atoms with van der Waals surface area (Å²) in [6.07, 6.45) is 7.21. The Morgan fingerprint density at radius 2 is 1.57 bits per heavy atom. The first kappa shape index (κ1) is 16.2. The maximum absolute atomic E-state index is 6.68. The van der Waals surface area contributed by atoms with Crippen LogP contribution in [0.1, 0.15) is 57.9 Å². The highest BCUT2D eigenvalue weighted by Gasteiger charge is 2.51. The third-order valence-electron chi connectivity index (χ3n) is 4.90. The lowest BCUT2D eigenvalue weighted by atomic mass is 9.52. The third kappa shape index (κ3) is 3.03. The summed E-state index contributed by atoms with van der Waals surface area (Å²) >= 11 is 0. The van der Waals surface area contributed by atoms with Gasteiger partial charge in [-0.1, -0.05) is 32.8 Å². The van der Waals surface area contributed by atoms with E-state index in [9.17, 15) is 0 Å². The van der Waals surface area contributed by atoms with Gasteiger partial charge in [0.1, 0.15) is 0 Å². The largest absolute Gasteiger partial charge is 0.493 e. The maximum Gasteiger partial charge on any atom is 0.161 e. The summed E-state index contributed by atoms with van der Waals surface area (Å²) in [5.74, 6) is 1.53. The van der Waals surface area contributed by atoms with E-state index in [2.05, 4.69) is 19.9 Å². The zero-order valence-corrected chi connectivity index (χ0v) is 13.9. The molecule has 1 fully saturated rings. The van der Waals surface area contributed by atoms with Gasteiger partial charge in [0.25, 0.3) is 0 Å². The molecule has 2 N–H and O–H groups in total. The monoisotopic (exact) mass is 291 g/mol. The second-order valence-corrected chi connectivity index (χ2v) is 6.58. The Morgan fingerprint density at radius 1 is 1.00 bits per heavy atom. The second kappa shape index (κ2) is 6.27. The van der Waals surface area contributed by atoms with Gasteiger partial charge in [-0.2, -0.15) is 0 Å². The first-order chi connectivity index (χ1) is 10.0. The lowest BCUT2D eigenvalue weighted by Crippen LogP contribution is -2.55. The molecule has 0 atom stereocenters. The summed E-state index contributed by atoms with van der Waals surface area (Å²) in [6.45, 7) is 4.54. The van der Waals surface area contributed by atoms with Gasteiger partial charge in [0.2, 0.25) is 0 Å². The summed E-state index contributed by atoms with van der Waals surface area (Å²) < 4.78 is 10.7. The van der Waals surface area contributed by atoms with Crippen LogP contribution in [0.5, 0.6) is 11.5 Å². The van der Waals surface area contributed by atoms with E-state index in [1.54, 1.807) is 14.2 Å². The van der Waals surface area contributed by atoms with Crippen molar-refractivity contribution in [1.82, 2.24) is 0 Å². The van der Waals surface area contributed by atoms with Crippen molar-refractivity contribution >= 4 is 0 Å². The number of hydrogen-bond acceptors (Lipinski definition) is 3. The van der Waals surface area contributed by atoms with Crippen LogP contribution in [0.4, 0.5) is 0 Å². The first-order valence-corrected chi connectivity index (χ1v) is 8.04. The van der Waals surface area contributed by atoms with Gasteiger partial charge in [0.05, 0.1) is 14.2 Å². The number of ether oxygens (including phenoxy) is 2. The molecule has 1 aromatic carbocycles. The van der Waals surface area contributed by atoms with Crippen LogP contribution in [0.3, 0.4) is 0 Å². The lowest BCUT2D eigenvalue weighted by Gasteiger charge is -2.55. The van der Waals surface area contributed by atoms with Crippen LogP contribution in [-0.2, 0) is 5.54 Å². The fourth-order valence-corrected chi connectivity index (χ4v) is 4.18. The molecule has 0 aromatic heterocycles. The molecule has 0 unspecified atom stereocenters. The number of benzene rings is 1. The van der Waals surface area contributed by atoms with Crippen molar-refractivity contribution in [2.45, 2.75) is 57.9 Å². The highest BCUT2D eigenvalue weighted by atomic mass is 16.5. The quantitative estimate of drug-likeness (QED) is 0.817. The van der Waals surface area contributed by atoms with Crippen molar-refractivity contribution in [3.8, 4) is 11.5 Å². The van der Waals surface area contributed by atoms with Crippen LogP contribution < -0.4 is 15.2 Å². The van der Waals surface area contributed by atoms with Gasteiger partial charge >= 0.3 is 0 Å². The van der Waals surface area contributed by atoms with Gasteiger partial charge in [-0.05, 0) is 48.8 Å². The molecule has 1 aromatic rings. The number of hydrogen-bond donors (Lipinski definition) is 1. The van der Waals surface area contributed by atoms with Gasteiger partial charge in [-0.25, -0.2) is 0 Å². The normalized spacial score (nSPS) is 18.9. The molecule has 0 amide bonds. The highest BCUT2D eigenvalue weighted by molar-refractivity contribution is 5.46. The Labute approximate surface area is 128 Å². The standard InChI is InChI=1S/C18H29NO2/c1-5-9-17(10-6-2)12-18(19,13-17)14-7-8-15(20-3)16(11-14)21-4/h7-8,11H,5-6,9-10,12-13,19H2,1-4H3. The molecule has 1 saturated carbocycles. The van der Waals surface area contributed by atoms with Gasteiger partial charge in [0, 0.05) is 5.54 Å². The zero-order valence-electron chi connectivity index (χ0n) is 13.9. The summed E-state index contributed by atoms with van der Waals surface area (Å²) in [5.41, 5.74) is 8.09. The highest BCUT2D eigenvalue weighted by Crippen LogP contribution is 2.58. The average Bonchev–Trinajstić information content (AvgIpc) is 2.45. The molecule has 2 rings (SSSR count). The molecule has 0 radical (unpaired) electrons. The van der Waals surface area contributed by atoms with E-state index in [0.717, 1.165) is 24.3 Å². The Balaban J connectivity index is 2.19. The van der Waals surface area contributed by atoms with Crippen LogP contribution >= 0.6 is 0 Å². The van der Waals surface area contributed by atoms with Crippen molar-refractivity contribution in [3.63, 3.8) is 0 Å². The fourth-order valence-electron chi connectivity index (χ4n) is 4.18. The van der Waals surface area contributed by atoms with E-state index in [1.165, 1.54) is 31.2 Å².